The number of carbonyl (C=O) groups excluding carboxylic acids is 1. The van der Waals surface area contributed by atoms with E-state index in [0.717, 1.165) is 37.3 Å². The average Bonchev–Trinajstić information content (AvgIpc) is 3.15. The minimum absolute atomic E-state index is 0.0564. The van der Waals surface area contributed by atoms with Crippen LogP contribution in [0, 0.1) is 0 Å². The Kier molecular flexibility index (Phi) is 5.23. The molecule has 0 bridgehead atoms. The Morgan fingerprint density at radius 1 is 1.12 bits per heavy atom. The van der Waals surface area contributed by atoms with Gasteiger partial charge in [0.2, 0.25) is 0 Å². The van der Waals surface area contributed by atoms with Gasteiger partial charge in [-0.25, -0.2) is 0 Å². The number of rotatable bonds is 6. The van der Waals surface area contributed by atoms with Gasteiger partial charge in [-0.15, -0.1) is 10.2 Å². The summed E-state index contributed by atoms with van der Waals surface area (Å²) in [5.41, 5.74) is 1.72. The minimum atomic E-state index is -0.845. The number of aryl methyl sites for hydroxylation is 1. The lowest BCUT2D eigenvalue weighted by molar-refractivity contribution is -0.136. The monoisotopic (exact) mass is 340 g/mol. The quantitative estimate of drug-likeness (QED) is 0.838. The highest BCUT2D eigenvalue weighted by Crippen LogP contribution is 2.17. The van der Waals surface area contributed by atoms with E-state index in [1.807, 2.05) is 12.1 Å². The Labute approximate surface area is 145 Å². The number of anilines is 2. The van der Waals surface area contributed by atoms with E-state index in [0.29, 0.717) is 12.1 Å². The highest BCUT2D eigenvalue weighted by molar-refractivity contribution is 6.02. The summed E-state index contributed by atoms with van der Waals surface area (Å²) in [7, 11) is 0. The van der Waals surface area contributed by atoms with Crippen molar-refractivity contribution in [2.24, 2.45) is 0 Å². The van der Waals surface area contributed by atoms with Gasteiger partial charge < -0.3 is 15.3 Å². The summed E-state index contributed by atoms with van der Waals surface area (Å²) in [4.78, 5) is 25.1. The van der Waals surface area contributed by atoms with Crippen LogP contribution in [0.4, 0.5) is 11.5 Å². The lowest BCUT2D eigenvalue weighted by atomic mass is 10.1. The number of nitrogens with zero attached hydrogens (tertiary/aromatic N) is 3. The van der Waals surface area contributed by atoms with Crippen LogP contribution in [0.5, 0.6) is 0 Å². The van der Waals surface area contributed by atoms with Crippen LogP contribution >= 0.6 is 0 Å². The van der Waals surface area contributed by atoms with Crippen molar-refractivity contribution < 1.29 is 14.7 Å². The molecule has 1 aromatic carbocycles. The van der Waals surface area contributed by atoms with E-state index in [1.54, 1.807) is 24.3 Å². The summed E-state index contributed by atoms with van der Waals surface area (Å²) in [5.74, 6) is -0.386. The van der Waals surface area contributed by atoms with Crippen LogP contribution in [0.25, 0.3) is 0 Å². The van der Waals surface area contributed by atoms with Crippen molar-refractivity contribution in [3.8, 4) is 0 Å². The molecule has 2 aromatic rings. The molecule has 7 heteroatoms. The third-order valence-corrected chi connectivity index (χ3v) is 4.13. The topological polar surface area (TPSA) is 95.4 Å². The van der Waals surface area contributed by atoms with E-state index in [2.05, 4.69) is 20.4 Å². The van der Waals surface area contributed by atoms with E-state index < -0.39 is 5.97 Å². The molecule has 2 heterocycles. The minimum Gasteiger partial charge on any atom is -0.481 e. The first-order valence-corrected chi connectivity index (χ1v) is 8.32. The Bertz CT molecular complexity index is 755. The molecule has 0 atom stereocenters. The second-order valence-corrected chi connectivity index (χ2v) is 6.02. The van der Waals surface area contributed by atoms with E-state index in [9.17, 15) is 9.59 Å². The standard InChI is InChI=1S/C18H20N4O3/c23-17(24)9-6-13-4-3-5-14(12-13)19-18(25)15-7-8-16(21-20-15)22-10-1-2-11-22/h3-5,7-8,12H,1-2,6,9-11H2,(H,19,25)(H,23,24). The molecule has 1 amide bonds. The first-order chi connectivity index (χ1) is 12.1. The van der Waals surface area contributed by atoms with Gasteiger partial charge in [0, 0.05) is 25.2 Å². The van der Waals surface area contributed by atoms with Gasteiger partial charge in [-0.2, -0.15) is 0 Å². The fraction of sp³-hybridized carbons (Fsp3) is 0.333. The molecule has 0 radical (unpaired) electrons. The molecular weight excluding hydrogens is 320 g/mol. The van der Waals surface area contributed by atoms with Crippen molar-refractivity contribution in [3.63, 3.8) is 0 Å². The molecule has 1 aliphatic heterocycles. The number of benzene rings is 1. The highest BCUT2D eigenvalue weighted by atomic mass is 16.4. The van der Waals surface area contributed by atoms with E-state index in [1.165, 1.54) is 0 Å². The molecule has 0 spiro atoms. The van der Waals surface area contributed by atoms with E-state index in [-0.39, 0.29) is 18.0 Å². The average molecular weight is 340 g/mol. The van der Waals surface area contributed by atoms with Crippen LogP contribution in [0.1, 0.15) is 35.3 Å². The third kappa shape index (κ3) is 4.53. The van der Waals surface area contributed by atoms with Crippen LogP contribution in [0.15, 0.2) is 36.4 Å². The highest BCUT2D eigenvalue weighted by Gasteiger charge is 2.15. The molecule has 0 saturated carbocycles. The summed E-state index contributed by atoms with van der Waals surface area (Å²) in [6.45, 7) is 1.95. The third-order valence-electron chi connectivity index (χ3n) is 4.13. The first-order valence-electron chi connectivity index (χ1n) is 8.32. The van der Waals surface area contributed by atoms with Gasteiger partial charge in [0.15, 0.2) is 11.5 Å². The molecule has 1 fully saturated rings. The number of nitrogens with one attached hydrogen (secondary N) is 1. The molecule has 1 aromatic heterocycles. The molecule has 25 heavy (non-hydrogen) atoms. The molecule has 130 valence electrons. The van der Waals surface area contributed by atoms with Crippen LogP contribution in [-0.2, 0) is 11.2 Å². The summed E-state index contributed by atoms with van der Waals surface area (Å²) in [6, 6.07) is 10.6. The maximum absolute atomic E-state index is 12.3. The zero-order valence-corrected chi connectivity index (χ0v) is 13.8. The number of aliphatic carboxylic acids is 1. The zero-order valence-electron chi connectivity index (χ0n) is 13.8. The SMILES string of the molecule is O=C(O)CCc1cccc(NC(=O)c2ccc(N3CCCC3)nn2)c1. The maximum atomic E-state index is 12.3. The van der Waals surface area contributed by atoms with Crippen LogP contribution in [0.2, 0.25) is 0 Å². The number of aromatic nitrogens is 2. The number of hydrogen-bond acceptors (Lipinski definition) is 5. The van der Waals surface area contributed by atoms with Crippen LogP contribution in [-0.4, -0.2) is 40.3 Å². The predicted molar refractivity (Wildman–Crippen MR) is 93.8 cm³/mol. The van der Waals surface area contributed by atoms with Gasteiger partial charge in [-0.1, -0.05) is 12.1 Å². The second-order valence-electron chi connectivity index (χ2n) is 6.02. The molecule has 1 aliphatic rings. The maximum Gasteiger partial charge on any atom is 0.303 e. The number of carbonyl (C=O) groups is 2. The van der Waals surface area contributed by atoms with Gasteiger partial charge in [0.1, 0.15) is 0 Å². The van der Waals surface area contributed by atoms with Crippen LogP contribution < -0.4 is 10.2 Å². The lowest BCUT2D eigenvalue weighted by Crippen LogP contribution is -2.21. The van der Waals surface area contributed by atoms with Gasteiger partial charge in [0.25, 0.3) is 5.91 Å². The number of hydrogen-bond donors (Lipinski definition) is 2. The largest absolute Gasteiger partial charge is 0.481 e. The summed E-state index contributed by atoms with van der Waals surface area (Å²) >= 11 is 0. The number of amides is 1. The Morgan fingerprint density at radius 3 is 2.60 bits per heavy atom. The van der Waals surface area contributed by atoms with Crippen LogP contribution in [0.3, 0.4) is 0 Å². The molecule has 2 N–H and O–H groups in total. The number of carboxylic acid groups (broad SMARTS) is 1. The van der Waals surface area contributed by atoms with E-state index in [4.69, 9.17) is 5.11 Å². The van der Waals surface area contributed by atoms with Crippen molar-refractivity contribution in [1.29, 1.82) is 0 Å². The molecule has 7 nitrogen and oxygen atoms in total. The van der Waals surface area contributed by atoms with E-state index >= 15 is 0 Å². The zero-order chi connectivity index (χ0) is 17.6. The fourth-order valence-electron chi connectivity index (χ4n) is 2.81. The van der Waals surface area contributed by atoms with Gasteiger partial charge >= 0.3 is 5.97 Å². The molecule has 0 unspecified atom stereocenters. The number of carboxylic acids is 1. The molecule has 1 saturated heterocycles. The predicted octanol–water partition coefficient (Wildman–Crippen LogP) is 2.35. The lowest BCUT2D eigenvalue weighted by Gasteiger charge is -2.15. The van der Waals surface area contributed by atoms with Gasteiger partial charge in [0.05, 0.1) is 0 Å². The van der Waals surface area contributed by atoms with Crippen molar-refractivity contribution in [2.45, 2.75) is 25.7 Å². The normalized spacial score (nSPS) is 13.7. The fourth-order valence-corrected chi connectivity index (χ4v) is 2.81. The van der Waals surface area contributed by atoms with Gasteiger partial charge in [-0.05, 0) is 49.1 Å². The smallest absolute Gasteiger partial charge is 0.303 e. The Balaban J connectivity index is 1.63. The molecule has 3 rings (SSSR count). The van der Waals surface area contributed by atoms with Crippen molar-refractivity contribution in [1.82, 2.24) is 10.2 Å². The summed E-state index contributed by atoms with van der Waals surface area (Å²) in [6.07, 6.45) is 2.79. The Hall–Kier alpha value is -2.96. The van der Waals surface area contributed by atoms with Crippen molar-refractivity contribution in [2.75, 3.05) is 23.3 Å². The second kappa shape index (κ2) is 7.74. The van der Waals surface area contributed by atoms with Crippen molar-refractivity contribution >= 4 is 23.4 Å². The summed E-state index contributed by atoms with van der Waals surface area (Å²) < 4.78 is 0. The van der Waals surface area contributed by atoms with Gasteiger partial charge in [-0.3, -0.25) is 9.59 Å². The van der Waals surface area contributed by atoms with Crippen molar-refractivity contribution in [3.05, 3.63) is 47.7 Å². The Morgan fingerprint density at radius 2 is 1.92 bits per heavy atom. The summed E-state index contributed by atoms with van der Waals surface area (Å²) in [5, 5.41) is 19.7. The molecular formula is C18H20N4O3. The molecule has 0 aliphatic carbocycles. The first kappa shape index (κ1) is 16.9.